The van der Waals surface area contributed by atoms with Gasteiger partial charge in [0.2, 0.25) is 0 Å². The van der Waals surface area contributed by atoms with E-state index in [4.69, 9.17) is 0 Å². The molecule has 0 amide bonds. The lowest BCUT2D eigenvalue weighted by molar-refractivity contribution is -0.111. The second-order valence-corrected chi connectivity index (χ2v) is 6.78. The largest absolute Gasteiger partial charge is 0.289 e. The van der Waals surface area contributed by atoms with Gasteiger partial charge in [-0.05, 0) is 88.5 Å². The molecule has 0 aromatic rings. The van der Waals surface area contributed by atoms with Crippen LogP contribution in [-0.4, -0.2) is 5.78 Å². The summed E-state index contributed by atoms with van der Waals surface area (Å²) >= 11 is 0. The molecular formula is C23H30O. The van der Waals surface area contributed by atoms with Crippen LogP contribution in [0, 0.1) is 0 Å². The van der Waals surface area contributed by atoms with Crippen LogP contribution in [0.3, 0.4) is 0 Å². The van der Waals surface area contributed by atoms with Gasteiger partial charge in [0.05, 0.1) is 0 Å². The summed E-state index contributed by atoms with van der Waals surface area (Å²) in [6.07, 6.45) is 16.9. The number of ketones is 1. The summed E-state index contributed by atoms with van der Waals surface area (Å²) in [7, 11) is 0. The maximum absolute atomic E-state index is 13.0. The Kier molecular flexibility index (Phi) is 6.78. The van der Waals surface area contributed by atoms with E-state index in [9.17, 15) is 4.79 Å². The lowest BCUT2D eigenvalue weighted by Crippen LogP contribution is -2.07. The molecule has 0 atom stereocenters. The van der Waals surface area contributed by atoms with E-state index in [0.717, 1.165) is 36.8 Å². The highest BCUT2D eigenvalue weighted by Gasteiger charge is 2.17. The summed E-state index contributed by atoms with van der Waals surface area (Å²) in [5.41, 5.74) is 6.42. The smallest absolute Gasteiger partial charge is 0.192 e. The van der Waals surface area contributed by atoms with Gasteiger partial charge in [-0.2, -0.15) is 0 Å². The van der Waals surface area contributed by atoms with E-state index in [1.165, 1.54) is 48.0 Å². The molecule has 0 unspecified atom stereocenters. The molecule has 128 valence electrons. The van der Waals surface area contributed by atoms with Crippen molar-refractivity contribution in [1.29, 1.82) is 0 Å². The van der Waals surface area contributed by atoms with Gasteiger partial charge in [0.25, 0.3) is 0 Å². The molecule has 0 aliphatic heterocycles. The Balaban J connectivity index is 2.23. The Bertz CT molecular complexity index is 594. The van der Waals surface area contributed by atoms with Crippen molar-refractivity contribution in [1.82, 2.24) is 0 Å². The first-order chi connectivity index (χ1) is 11.6. The lowest BCUT2D eigenvalue weighted by Gasteiger charge is -2.18. The first kappa shape index (κ1) is 18.4. The summed E-state index contributed by atoms with van der Waals surface area (Å²) in [6.45, 7) is 12.2. The van der Waals surface area contributed by atoms with E-state index < -0.39 is 0 Å². The second-order valence-electron chi connectivity index (χ2n) is 6.78. The summed E-state index contributed by atoms with van der Waals surface area (Å²) in [4.78, 5) is 13.0. The highest BCUT2D eigenvalue weighted by molar-refractivity contribution is 6.12. The molecule has 0 aromatic heterocycles. The highest BCUT2D eigenvalue weighted by atomic mass is 16.1. The van der Waals surface area contributed by atoms with E-state index in [1.54, 1.807) is 0 Å². The van der Waals surface area contributed by atoms with Gasteiger partial charge in [0.15, 0.2) is 5.78 Å². The van der Waals surface area contributed by atoms with Gasteiger partial charge >= 0.3 is 0 Å². The van der Waals surface area contributed by atoms with Gasteiger partial charge in [0.1, 0.15) is 0 Å². The van der Waals surface area contributed by atoms with Crippen molar-refractivity contribution < 1.29 is 4.79 Å². The number of hydrogen-bond donors (Lipinski definition) is 0. The molecule has 24 heavy (non-hydrogen) atoms. The van der Waals surface area contributed by atoms with Crippen LogP contribution in [0.15, 0.2) is 70.9 Å². The molecule has 2 saturated carbocycles. The Labute approximate surface area is 147 Å². The van der Waals surface area contributed by atoms with Crippen molar-refractivity contribution in [3.8, 4) is 0 Å². The summed E-state index contributed by atoms with van der Waals surface area (Å²) in [5, 5.41) is 0. The monoisotopic (exact) mass is 322 g/mol. The number of Topliss-reactive ketones (excluding diaryl/α,β-unsaturated/α-hetero) is 1. The van der Waals surface area contributed by atoms with Crippen molar-refractivity contribution in [3.05, 3.63) is 70.9 Å². The Hall–Kier alpha value is -1.89. The lowest BCUT2D eigenvalue weighted by atomic mass is 9.86. The van der Waals surface area contributed by atoms with Crippen LogP contribution < -0.4 is 0 Å². The minimum absolute atomic E-state index is 0.108. The van der Waals surface area contributed by atoms with Crippen molar-refractivity contribution in [2.24, 2.45) is 0 Å². The number of rotatable bonds is 4. The maximum Gasteiger partial charge on any atom is 0.192 e. The SMILES string of the molecule is C=C1CCCC/C1=C/C(=C\C)C(=O)C(/C=C1/CCCCC1=C)=C/C. The topological polar surface area (TPSA) is 17.1 Å². The molecule has 0 radical (unpaired) electrons. The highest BCUT2D eigenvalue weighted by Crippen LogP contribution is 2.30. The first-order valence-electron chi connectivity index (χ1n) is 9.21. The van der Waals surface area contributed by atoms with Crippen LogP contribution in [0.25, 0.3) is 0 Å². The quantitative estimate of drug-likeness (QED) is 0.535. The van der Waals surface area contributed by atoms with Crippen molar-refractivity contribution in [3.63, 3.8) is 0 Å². The Morgan fingerprint density at radius 1 is 0.750 bits per heavy atom. The van der Waals surface area contributed by atoms with Gasteiger partial charge in [-0.25, -0.2) is 0 Å². The molecule has 2 aliphatic rings. The number of hydrogen-bond acceptors (Lipinski definition) is 1. The zero-order chi connectivity index (χ0) is 17.5. The molecule has 1 nitrogen and oxygen atoms in total. The maximum atomic E-state index is 13.0. The van der Waals surface area contributed by atoms with E-state index in [2.05, 4.69) is 25.3 Å². The molecule has 0 heterocycles. The van der Waals surface area contributed by atoms with Crippen LogP contribution in [0.1, 0.15) is 65.2 Å². The fourth-order valence-electron chi connectivity index (χ4n) is 3.43. The van der Waals surface area contributed by atoms with Crippen LogP contribution in [0.5, 0.6) is 0 Å². The fourth-order valence-corrected chi connectivity index (χ4v) is 3.43. The summed E-state index contributed by atoms with van der Waals surface area (Å²) < 4.78 is 0. The van der Waals surface area contributed by atoms with Gasteiger partial charge in [-0.3, -0.25) is 4.79 Å². The third kappa shape index (κ3) is 4.56. The fraction of sp³-hybridized carbons (Fsp3) is 0.435. The second kappa shape index (κ2) is 8.82. The van der Waals surface area contributed by atoms with E-state index in [1.807, 2.05) is 26.0 Å². The molecule has 2 fully saturated rings. The summed E-state index contributed by atoms with van der Waals surface area (Å²) in [6, 6.07) is 0. The van der Waals surface area contributed by atoms with Crippen molar-refractivity contribution in [2.75, 3.05) is 0 Å². The Morgan fingerprint density at radius 2 is 1.12 bits per heavy atom. The van der Waals surface area contributed by atoms with Crippen LogP contribution in [0.4, 0.5) is 0 Å². The first-order valence-corrected chi connectivity index (χ1v) is 9.21. The number of carbonyl (C=O) groups excluding carboxylic acids is 1. The molecule has 0 N–H and O–H groups in total. The minimum atomic E-state index is 0.108. The van der Waals surface area contributed by atoms with Crippen molar-refractivity contribution in [2.45, 2.75) is 65.2 Å². The van der Waals surface area contributed by atoms with E-state index in [0.29, 0.717) is 0 Å². The average molecular weight is 322 g/mol. The molecule has 2 aliphatic carbocycles. The number of carbonyl (C=O) groups is 1. The Morgan fingerprint density at radius 3 is 1.46 bits per heavy atom. The van der Waals surface area contributed by atoms with E-state index >= 15 is 0 Å². The normalized spacial score (nSPS) is 23.9. The third-order valence-electron chi connectivity index (χ3n) is 5.06. The predicted octanol–water partition coefficient (Wildman–Crippen LogP) is 6.56. The zero-order valence-electron chi connectivity index (χ0n) is 15.3. The van der Waals surface area contributed by atoms with E-state index in [-0.39, 0.29) is 5.78 Å². The molecule has 0 bridgehead atoms. The van der Waals surface area contributed by atoms with Gasteiger partial charge in [-0.15, -0.1) is 0 Å². The molecule has 0 spiro atoms. The van der Waals surface area contributed by atoms with Crippen LogP contribution in [0.2, 0.25) is 0 Å². The standard InChI is InChI=1S/C23H30O/c1-5-19(15-21-13-9-7-11-17(21)3)23(24)20(6-2)16-22-14-10-8-12-18(22)4/h5-6,15-16H,3-4,7-14H2,1-2H3/b19-5+,20-6+,21-15-,22-16-. The predicted molar refractivity (Wildman–Crippen MR) is 104 cm³/mol. The van der Waals surface area contributed by atoms with Gasteiger partial charge < -0.3 is 0 Å². The molecule has 1 heteroatoms. The molecule has 0 saturated heterocycles. The summed E-state index contributed by atoms with van der Waals surface area (Å²) in [5.74, 6) is 0.108. The van der Waals surface area contributed by atoms with Crippen LogP contribution in [-0.2, 0) is 4.79 Å². The average Bonchev–Trinajstić information content (AvgIpc) is 2.60. The molecule has 0 aromatic carbocycles. The van der Waals surface area contributed by atoms with Gasteiger partial charge in [-0.1, -0.05) is 36.5 Å². The molecule has 2 rings (SSSR count). The third-order valence-corrected chi connectivity index (χ3v) is 5.06. The van der Waals surface area contributed by atoms with Gasteiger partial charge in [0, 0.05) is 11.1 Å². The molecular weight excluding hydrogens is 292 g/mol. The number of allylic oxidation sites excluding steroid dienone is 10. The minimum Gasteiger partial charge on any atom is -0.289 e. The van der Waals surface area contributed by atoms with Crippen molar-refractivity contribution >= 4 is 5.78 Å². The van der Waals surface area contributed by atoms with Crippen LogP contribution >= 0.6 is 0 Å². The zero-order valence-corrected chi connectivity index (χ0v) is 15.3.